The maximum absolute atomic E-state index is 12.3. The first kappa shape index (κ1) is 29.6. The zero-order chi connectivity index (χ0) is 30.1. The van der Waals surface area contributed by atoms with Gasteiger partial charge in [-0.3, -0.25) is 18.9 Å². The predicted molar refractivity (Wildman–Crippen MR) is 161 cm³/mol. The van der Waals surface area contributed by atoms with Crippen LogP contribution in [0.25, 0.3) is 22.3 Å². The number of H-pyrrole nitrogens is 1. The van der Waals surface area contributed by atoms with Gasteiger partial charge in [0.2, 0.25) is 11.6 Å². The van der Waals surface area contributed by atoms with Gasteiger partial charge in [-0.2, -0.15) is 4.98 Å². The molecule has 2 unspecified atom stereocenters. The van der Waals surface area contributed by atoms with Gasteiger partial charge in [-0.1, -0.05) is 12.2 Å². The van der Waals surface area contributed by atoms with E-state index < -0.39 is 54.8 Å². The molecule has 3 aliphatic heterocycles. The Bertz CT molecular complexity index is 1870. The van der Waals surface area contributed by atoms with Gasteiger partial charge >= 0.3 is 6.72 Å². The van der Waals surface area contributed by atoms with Crippen molar-refractivity contribution in [1.29, 1.82) is 0 Å². The molecule has 6 N–H and O–H groups in total. The molecule has 7 heterocycles. The third-order valence-corrected chi connectivity index (χ3v) is 10.9. The number of aromatic amines is 1. The normalized spacial score (nSPS) is 35.4. The number of aromatic nitrogens is 8. The highest BCUT2D eigenvalue weighted by atomic mass is 32.9. The molecule has 2 bridgehead atoms. The molecule has 3 aliphatic rings. The molecule has 23 heteroatoms. The highest BCUT2D eigenvalue weighted by molar-refractivity contribution is 8.60. The van der Waals surface area contributed by atoms with Crippen LogP contribution in [0.2, 0.25) is 0 Å². The minimum absolute atomic E-state index is 0.0604. The van der Waals surface area contributed by atoms with E-state index in [4.69, 9.17) is 62.6 Å². The molecule has 3 fully saturated rings. The van der Waals surface area contributed by atoms with Gasteiger partial charge in [0.15, 0.2) is 28.9 Å². The molecule has 3 saturated heterocycles. The van der Waals surface area contributed by atoms with Crippen LogP contribution in [0.4, 0.5) is 11.8 Å². The summed E-state index contributed by atoms with van der Waals surface area (Å²) in [5.74, 6) is 0.127. The fourth-order valence-corrected chi connectivity index (χ4v) is 8.75. The van der Waals surface area contributed by atoms with Crippen molar-refractivity contribution in [3.63, 3.8) is 0 Å². The second-order valence-corrected chi connectivity index (χ2v) is 18.0. The number of nitrogens with one attached hydrogen (secondary N) is 1. The summed E-state index contributed by atoms with van der Waals surface area (Å²) in [6.07, 6.45) is 0.395. The second kappa shape index (κ2) is 11.0. The first-order valence-electron chi connectivity index (χ1n) is 12.7. The van der Waals surface area contributed by atoms with Crippen LogP contribution in [-0.4, -0.2) is 81.6 Å². The number of anilines is 2. The third kappa shape index (κ3) is 5.73. The topological polar surface area (TPSA) is 235 Å². The number of hydrogen-bond donors (Lipinski definition) is 5. The number of nitrogen functional groups attached to an aromatic ring is 2. The molecule has 0 aromatic carbocycles. The lowest BCUT2D eigenvalue weighted by Crippen LogP contribution is -2.29. The second-order valence-electron chi connectivity index (χ2n) is 9.92. The smallest absolute Gasteiger partial charge is 0.324 e. The molecule has 4 aromatic heterocycles. The molecule has 18 nitrogen and oxygen atoms in total. The van der Waals surface area contributed by atoms with Gasteiger partial charge in [0, 0.05) is 12.8 Å². The summed E-state index contributed by atoms with van der Waals surface area (Å²) in [7, 11) is 0. The molecule has 0 saturated carbocycles. The maximum atomic E-state index is 12.3. The molecule has 43 heavy (non-hydrogen) atoms. The first-order chi connectivity index (χ1) is 20.5. The lowest BCUT2D eigenvalue weighted by atomic mass is 10.2. The van der Waals surface area contributed by atoms with Gasteiger partial charge < -0.3 is 43.9 Å². The number of ether oxygens (including phenoxy) is 2. The SMILES string of the molecule is Nc1nc2c(ncn2[C@@H]2O[C@@H]3COP(O)(=S)O[C@H]4C[C@H](n5cnc6c(N)ncnc65)O[C@@H]4COP(=S)(S)O[C@@H]2C3)c(=O)[nH]1. The quantitative estimate of drug-likeness (QED) is 0.145. The van der Waals surface area contributed by atoms with Crippen molar-refractivity contribution in [2.24, 2.45) is 0 Å². The van der Waals surface area contributed by atoms with Crippen molar-refractivity contribution in [3.8, 4) is 0 Å². The van der Waals surface area contributed by atoms with Crippen molar-refractivity contribution < 1.29 is 32.5 Å². The number of hydrogen-bond acceptors (Lipinski definition) is 16. The Kier molecular flexibility index (Phi) is 7.59. The predicted octanol–water partition coefficient (Wildman–Crippen LogP) is 0.887. The molecular formula is C20H24N10O8P2S3. The van der Waals surface area contributed by atoms with Crippen molar-refractivity contribution >= 4 is 82.4 Å². The summed E-state index contributed by atoms with van der Waals surface area (Å²) in [6, 6.07) is 0. The number of rotatable bonds is 2. The van der Waals surface area contributed by atoms with Gasteiger partial charge in [-0.15, -0.1) is 0 Å². The molecule has 0 aliphatic carbocycles. The summed E-state index contributed by atoms with van der Waals surface area (Å²) in [5.41, 5.74) is 9.07. The van der Waals surface area contributed by atoms with E-state index in [1.54, 1.807) is 4.57 Å². The van der Waals surface area contributed by atoms with Gasteiger partial charge in [0.05, 0.1) is 38.1 Å². The lowest BCUT2D eigenvalue weighted by Gasteiger charge is -2.28. The fourth-order valence-electron chi connectivity index (χ4n) is 5.25. The molecule has 4 aromatic rings. The van der Waals surface area contributed by atoms with Crippen LogP contribution in [0.5, 0.6) is 0 Å². The standard InChI is InChI=1S/C20H24N10O8P2S3/c21-15-13-16(24-5-23-15)29(6-25-13)12-2-9-11(36-12)4-34-40(42,43)38-10-1-8(3-33-39(32,41)37-9)35-19(10)30-7-26-14-17(30)27-20(22)28-18(14)31/h5-12,19H,1-4H2,(H,32,41)(H,42,43)(H2,21,23,24)(H3,22,27,28,31)/t8-,9-,10+,11+,12+,19+,39?/m0/s1. The van der Waals surface area contributed by atoms with Crippen LogP contribution >= 0.6 is 24.7 Å². The Labute approximate surface area is 257 Å². The van der Waals surface area contributed by atoms with E-state index in [1.165, 1.54) is 23.5 Å². The highest BCUT2D eigenvalue weighted by Gasteiger charge is 2.45. The molecule has 8 atom stereocenters. The highest BCUT2D eigenvalue weighted by Crippen LogP contribution is 2.58. The Hall–Kier alpha value is -2.13. The average molecular weight is 691 g/mol. The Morgan fingerprint density at radius 1 is 0.953 bits per heavy atom. The molecule has 230 valence electrons. The summed E-state index contributed by atoms with van der Waals surface area (Å²) >= 11 is 15.6. The van der Waals surface area contributed by atoms with Crippen LogP contribution in [0, 0.1) is 0 Å². The molecule has 0 radical (unpaired) electrons. The largest absolute Gasteiger partial charge is 0.382 e. The van der Waals surface area contributed by atoms with E-state index in [-0.39, 0.29) is 49.0 Å². The monoisotopic (exact) mass is 690 g/mol. The van der Waals surface area contributed by atoms with Gasteiger partial charge in [-0.25, -0.2) is 19.9 Å². The Morgan fingerprint density at radius 3 is 2.58 bits per heavy atom. The third-order valence-electron chi connectivity index (χ3n) is 7.11. The number of imidazole rings is 2. The Morgan fingerprint density at radius 2 is 1.74 bits per heavy atom. The number of fused-ring (bicyclic) bond motifs is 5. The summed E-state index contributed by atoms with van der Waals surface area (Å²) in [5, 5.41) is 0. The number of nitrogens with zero attached hydrogens (tertiary/aromatic N) is 7. The zero-order valence-electron chi connectivity index (χ0n) is 21.8. The number of nitrogens with two attached hydrogens (primary N) is 2. The fraction of sp³-hybridized carbons (Fsp3) is 0.500. The zero-order valence-corrected chi connectivity index (χ0v) is 26.1. The minimum Gasteiger partial charge on any atom is -0.382 e. The molecule has 7 rings (SSSR count). The van der Waals surface area contributed by atoms with Crippen LogP contribution < -0.4 is 17.0 Å². The van der Waals surface area contributed by atoms with Crippen molar-refractivity contribution in [3.05, 3.63) is 29.3 Å². The van der Waals surface area contributed by atoms with Gasteiger partial charge in [-0.05, 0) is 23.6 Å². The van der Waals surface area contributed by atoms with Crippen molar-refractivity contribution in [1.82, 2.24) is 39.0 Å². The van der Waals surface area contributed by atoms with Crippen molar-refractivity contribution in [2.45, 2.75) is 49.7 Å². The molecular weight excluding hydrogens is 666 g/mol. The summed E-state index contributed by atoms with van der Waals surface area (Å²) < 4.78 is 39.6. The van der Waals surface area contributed by atoms with Crippen molar-refractivity contribution in [2.75, 3.05) is 24.7 Å². The Balaban J connectivity index is 1.17. The molecule has 0 spiro atoms. The number of thiol groups is 1. The van der Waals surface area contributed by atoms with Crippen LogP contribution in [0.3, 0.4) is 0 Å². The van der Waals surface area contributed by atoms with Crippen LogP contribution in [-0.2, 0) is 51.2 Å². The maximum Gasteiger partial charge on any atom is 0.324 e. The van der Waals surface area contributed by atoms with E-state index in [0.29, 0.717) is 11.2 Å². The van der Waals surface area contributed by atoms with E-state index in [2.05, 4.69) is 42.2 Å². The summed E-state index contributed by atoms with van der Waals surface area (Å²) in [4.78, 5) is 46.7. The van der Waals surface area contributed by atoms with E-state index in [9.17, 15) is 9.69 Å². The lowest BCUT2D eigenvalue weighted by molar-refractivity contribution is -0.0547. The van der Waals surface area contributed by atoms with E-state index >= 15 is 0 Å². The van der Waals surface area contributed by atoms with E-state index in [1.807, 2.05) is 0 Å². The first-order valence-corrected chi connectivity index (χ1v) is 19.1. The van der Waals surface area contributed by atoms with Gasteiger partial charge in [0.1, 0.15) is 30.3 Å². The van der Waals surface area contributed by atoms with E-state index in [0.717, 1.165) is 0 Å². The minimum atomic E-state index is -3.80. The average Bonchev–Trinajstić information content (AvgIpc) is 3.71. The summed E-state index contributed by atoms with van der Waals surface area (Å²) in [6.45, 7) is -4.04. The van der Waals surface area contributed by atoms with Crippen LogP contribution in [0.15, 0.2) is 23.8 Å². The van der Waals surface area contributed by atoms with Gasteiger partial charge in [0.25, 0.3) is 5.56 Å². The molecule has 0 amide bonds. The van der Waals surface area contributed by atoms with Crippen LogP contribution in [0.1, 0.15) is 25.3 Å².